The Morgan fingerprint density at radius 1 is 0.967 bits per heavy atom. The molecule has 0 fully saturated rings. The molecule has 1 aliphatic rings. The Morgan fingerprint density at radius 2 is 1.70 bits per heavy atom. The number of anilines is 1. The van der Waals surface area contributed by atoms with E-state index < -0.39 is 11.9 Å². The van der Waals surface area contributed by atoms with Crippen LogP contribution in [0.3, 0.4) is 0 Å². The quantitative estimate of drug-likeness (QED) is 0.412. The van der Waals surface area contributed by atoms with Crippen molar-refractivity contribution in [2.75, 3.05) is 4.90 Å². The molecular formula is C23H14Cl2N2O3. The first kappa shape index (κ1) is 18.9. The normalized spacial score (nSPS) is 15.6. The van der Waals surface area contributed by atoms with E-state index in [1.54, 1.807) is 48.5 Å². The topological polar surface area (TPSA) is 63.4 Å². The van der Waals surface area contributed by atoms with Gasteiger partial charge in [-0.1, -0.05) is 47.0 Å². The summed E-state index contributed by atoms with van der Waals surface area (Å²) in [5.41, 5.74) is 2.08. The van der Waals surface area contributed by atoms with Gasteiger partial charge in [-0.05, 0) is 48.9 Å². The number of aromatic nitrogens is 1. The van der Waals surface area contributed by atoms with Crippen molar-refractivity contribution in [1.29, 1.82) is 0 Å². The molecule has 5 rings (SSSR count). The second-order valence-electron chi connectivity index (χ2n) is 7.14. The number of carbonyl (C=O) groups excluding carboxylic acids is 1. The molecule has 1 aliphatic heterocycles. The maximum atomic E-state index is 13.5. The molecule has 4 aromatic rings. The van der Waals surface area contributed by atoms with E-state index >= 15 is 0 Å². The van der Waals surface area contributed by atoms with Crippen LogP contribution < -0.4 is 10.3 Å². The van der Waals surface area contributed by atoms with Crippen LogP contribution in [0.4, 0.5) is 5.82 Å². The number of carbonyl (C=O) groups is 1. The first-order valence-corrected chi connectivity index (χ1v) is 9.97. The number of amides is 1. The summed E-state index contributed by atoms with van der Waals surface area (Å²) < 4.78 is 5.93. The summed E-state index contributed by atoms with van der Waals surface area (Å²) in [6.07, 6.45) is 1.46. The Balaban J connectivity index is 1.81. The second kappa shape index (κ2) is 6.97. The number of nitrogens with zero attached hydrogens (tertiary/aromatic N) is 2. The van der Waals surface area contributed by atoms with E-state index in [0.29, 0.717) is 26.8 Å². The Kier molecular flexibility index (Phi) is 4.38. The smallest absolute Gasteiger partial charge is 0.296 e. The van der Waals surface area contributed by atoms with Crippen molar-refractivity contribution in [3.63, 3.8) is 0 Å². The molecule has 0 bridgehead atoms. The summed E-state index contributed by atoms with van der Waals surface area (Å²) in [7, 11) is 0. The molecule has 2 aromatic carbocycles. The minimum absolute atomic E-state index is 0.0213. The fourth-order valence-electron chi connectivity index (χ4n) is 3.79. The number of halogens is 2. The van der Waals surface area contributed by atoms with Crippen LogP contribution in [-0.2, 0) is 0 Å². The van der Waals surface area contributed by atoms with Crippen molar-refractivity contribution in [2.45, 2.75) is 13.0 Å². The minimum Gasteiger partial charge on any atom is -0.450 e. The van der Waals surface area contributed by atoms with Crippen molar-refractivity contribution in [3.8, 4) is 0 Å². The number of rotatable bonds is 2. The Bertz CT molecular complexity index is 1360. The van der Waals surface area contributed by atoms with Gasteiger partial charge in [-0.15, -0.1) is 0 Å². The summed E-state index contributed by atoms with van der Waals surface area (Å²) >= 11 is 12.0. The Morgan fingerprint density at radius 3 is 2.40 bits per heavy atom. The molecule has 30 heavy (non-hydrogen) atoms. The van der Waals surface area contributed by atoms with E-state index in [1.165, 1.54) is 11.1 Å². The number of pyridine rings is 1. The first-order chi connectivity index (χ1) is 14.4. The van der Waals surface area contributed by atoms with E-state index in [-0.39, 0.29) is 16.8 Å². The average molecular weight is 437 g/mol. The highest BCUT2D eigenvalue weighted by molar-refractivity contribution is 6.30. The average Bonchev–Trinajstić information content (AvgIpc) is 3.03. The highest BCUT2D eigenvalue weighted by atomic mass is 35.5. The maximum absolute atomic E-state index is 13.5. The predicted molar refractivity (Wildman–Crippen MR) is 117 cm³/mol. The van der Waals surface area contributed by atoms with Crippen LogP contribution in [0.2, 0.25) is 10.0 Å². The molecule has 2 aromatic heterocycles. The molecule has 3 heterocycles. The number of benzene rings is 2. The van der Waals surface area contributed by atoms with Crippen molar-refractivity contribution < 1.29 is 9.21 Å². The zero-order valence-electron chi connectivity index (χ0n) is 15.7. The van der Waals surface area contributed by atoms with Gasteiger partial charge in [-0.25, -0.2) is 4.98 Å². The van der Waals surface area contributed by atoms with Crippen molar-refractivity contribution in [2.24, 2.45) is 0 Å². The summed E-state index contributed by atoms with van der Waals surface area (Å²) in [6.45, 7) is 1.90. The molecular weight excluding hydrogens is 423 g/mol. The predicted octanol–water partition coefficient (Wildman–Crippen LogP) is 5.55. The van der Waals surface area contributed by atoms with E-state index in [4.69, 9.17) is 27.6 Å². The lowest BCUT2D eigenvalue weighted by molar-refractivity contribution is 0.0970. The minimum atomic E-state index is -0.695. The van der Waals surface area contributed by atoms with E-state index in [0.717, 1.165) is 11.1 Å². The maximum Gasteiger partial charge on any atom is 0.296 e. The number of fused-ring (bicyclic) bond motifs is 2. The van der Waals surface area contributed by atoms with Crippen LogP contribution in [-0.4, -0.2) is 10.9 Å². The zero-order valence-corrected chi connectivity index (χ0v) is 17.2. The van der Waals surface area contributed by atoms with Crippen molar-refractivity contribution in [1.82, 2.24) is 4.98 Å². The lowest BCUT2D eigenvalue weighted by Crippen LogP contribution is -2.30. The largest absolute Gasteiger partial charge is 0.450 e. The van der Waals surface area contributed by atoms with Gasteiger partial charge in [0.15, 0.2) is 5.43 Å². The number of hydrogen-bond donors (Lipinski definition) is 0. The SMILES string of the molecule is Cc1ccc2oc3c(c(=O)c2c1)C(c1ccc(Cl)cc1)N(c1ccc(Cl)cn1)C3=O. The molecule has 0 saturated carbocycles. The number of aryl methyl sites for hydroxylation is 1. The molecule has 0 saturated heterocycles. The van der Waals surface area contributed by atoms with Gasteiger partial charge in [0.25, 0.3) is 5.91 Å². The molecule has 0 radical (unpaired) electrons. The molecule has 0 N–H and O–H groups in total. The van der Waals surface area contributed by atoms with Crippen LogP contribution in [0, 0.1) is 6.92 Å². The van der Waals surface area contributed by atoms with Crippen LogP contribution in [0.15, 0.2) is 70.0 Å². The highest BCUT2D eigenvalue weighted by Gasteiger charge is 2.44. The summed E-state index contributed by atoms with van der Waals surface area (Å²) in [6, 6.07) is 14.9. The van der Waals surface area contributed by atoms with Gasteiger partial charge < -0.3 is 4.42 Å². The molecule has 1 unspecified atom stereocenters. The third-order valence-corrected chi connectivity index (χ3v) is 5.65. The lowest BCUT2D eigenvalue weighted by Gasteiger charge is -2.24. The van der Waals surface area contributed by atoms with Crippen LogP contribution in [0.25, 0.3) is 11.0 Å². The molecule has 5 nitrogen and oxygen atoms in total. The standard InChI is InChI=1S/C23H14Cl2N2O3/c1-12-2-8-17-16(10-12)21(28)19-20(13-3-5-14(24)6-4-13)27(23(29)22(19)30-17)18-9-7-15(25)11-26-18/h2-11,20H,1H3. The third kappa shape index (κ3) is 2.90. The summed E-state index contributed by atoms with van der Waals surface area (Å²) in [5.74, 6) is -0.0391. The molecule has 148 valence electrons. The van der Waals surface area contributed by atoms with Gasteiger partial charge in [0.2, 0.25) is 5.76 Å². The Hall–Kier alpha value is -3.15. The van der Waals surface area contributed by atoms with Crippen molar-refractivity contribution in [3.05, 3.63) is 104 Å². The third-order valence-electron chi connectivity index (χ3n) is 5.17. The molecule has 0 aliphatic carbocycles. The monoisotopic (exact) mass is 436 g/mol. The summed E-state index contributed by atoms with van der Waals surface area (Å²) in [4.78, 5) is 32.6. The highest BCUT2D eigenvalue weighted by Crippen LogP contribution is 2.40. The lowest BCUT2D eigenvalue weighted by atomic mass is 9.98. The van der Waals surface area contributed by atoms with Crippen LogP contribution in [0.5, 0.6) is 0 Å². The van der Waals surface area contributed by atoms with Gasteiger partial charge in [0.1, 0.15) is 11.4 Å². The number of hydrogen-bond acceptors (Lipinski definition) is 4. The zero-order chi connectivity index (χ0) is 21.0. The molecule has 7 heteroatoms. The summed E-state index contributed by atoms with van der Waals surface area (Å²) in [5, 5.41) is 1.44. The van der Waals surface area contributed by atoms with Gasteiger partial charge in [0.05, 0.1) is 22.0 Å². The van der Waals surface area contributed by atoms with Gasteiger partial charge >= 0.3 is 0 Å². The van der Waals surface area contributed by atoms with E-state index in [9.17, 15) is 9.59 Å². The van der Waals surface area contributed by atoms with Crippen LogP contribution in [0.1, 0.15) is 33.3 Å². The van der Waals surface area contributed by atoms with Crippen LogP contribution >= 0.6 is 23.2 Å². The molecule has 1 atom stereocenters. The van der Waals surface area contributed by atoms with Gasteiger partial charge in [-0.2, -0.15) is 0 Å². The van der Waals surface area contributed by atoms with E-state index in [2.05, 4.69) is 4.98 Å². The molecule has 0 spiro atoms. The van der Waals surface area contributed by atoms with Crippen molar-refractivity contribution >= 4 is 45.9 Å². The van der Waals surface area contributed by atoms with Gasteiger partial charge in [0, 0.05) is 11.2 Å². The van der Waals surface area contributed by atoms with E-state index in [1.807, 2.05) is 13.0 Å². The fourth-order valence-corrected chi connectivity index (χ4v) is 4.03. The molecule has 1 amide bonds. The Labute approximate surface area is 181 Å². The second-order valence-corrected chi connectivity index (χ2v) is 8.01. The fraction of sp³-hybridized carbons (Fsp3) is 0.0870. The van der Waals surface area contributed by atoms with Gasteiger partial charge in [-0.3, -0.25) is 14.5 Å². The first-order valence-electron chi connectivity index (χ1n) is 9.22.